The van der Waals surface area contributed by atoms with Crippen molar-refractivity contribution in [2.45, 2.75) is 23.0 Å². The van der Waals surface area contributed by atoms with Gasteiger partial charge in [-0.2, -0.15) is 0 Å². The summed E-state index contributed by atoms with van der Waals surface area (Å²) < 4.78 is 4.48. The molecule has 0 spiro atoms. The van der Waals surface area contributed by atoms with Crippen LogP contribution in [0.3, 0.4) is 0 Å². The minimum absolute atomic E-state index is 0.0169. The van der Waals surface area contributed by atoms with E-state index >= 15 is 0 Å². The second-order valence-electron chi connectivity index (χ2n) is 6.55. The second-order valence-corrected chi connectivity index (χ2v) is 7.65. The molecule has 150 valence electrons. The summed E-state index contributed by atoms with van der Waals surface area (Å²) in [5.41, 5.74) is 4.91. The molecule has 0 radical (unpaired) electrons. The van der Waals surface area contributed by atoms with Gasteiger partial charge in [-0.15, -0.1) is 11.8 Å². The number of benzene rings is 1. The molecule has 0 aliphatic carbocycles. The number of carboxylic acid groups (broad SMARTS) is 1. The molecular weight excluding hydrogens is 388 g/mol. The van der Waals surface area contributed by atoms with Crippen LogP contribution in [0, 0.1) is 0 Å². The molecule has 3 amide bonds. The standard InChI is InChI=1S/C17H20N4O6S/c1-27-16(26)20-17(15(24)25)7-21-13(23)11(14(21)28-8-17)19-12(22)10(18)9-5-3-2-4-6-9/h2-6,10-11,14H,7-8,18H2,1H3,(H,19,22)(H,20,26)(H,24,25)/t10?,11?,14-,17?/m1/s1. The number of aliphatic carboxylic acids is 1. The average Bonchev–Trinajstić information content (AvgIpc) is 2.71. The van der Waals surface area contributed by atoms with Gasteiger partial charge in [0.05, 0.1) is 13.7 Å². The Morgan fingerprint density at radius 1 is 1.36 bits per heavy atom. The van der Waals surface area contributed by atoms with E-state index in [1.54, 1.807) is 30.3 Å². The maximum Gasteiger partial charge on any atom is 0.407 e. The third kappa shape index (κ3) is 3.50. The van der Waals surface area contributed by atoms with Gasteiger partial charge in [-0.25, -0.2) is 9.59 Å². The van der Waals surface area contributed by atoms with E-state index in [2.05, 4.69) is 15.4 Å². The number of amides is 3. The average molecular weight is 408 g/mol. The number of nitrogens with one attached hydrogen (secondary N) is 2. The maximum absolute atomic E-state index is 12.5. The number of rotatable bonds is 5. The first-order valence-electron chi connectivity index (χ1n) is 8.41. The van der Waals surface area contributed by atoms with Gasteiger partial charge in [0, 0.05) is 5.75 Å². The Kier molecular flexibility index (Phi) is 5.47. The van der Waals surface area contributed by atoms with Crippen LogP contribution < -0.4 is 16.4 Å². The van der Waals surface area contributed by atoms with Crippen LogP contribution in [0.4, 0.5) is 4.79 Å². The van der Waals surface area contributed by atoms with Crippen LogP contribution in [0.2, 0.25) is 0 Å². The second kappa shape index (κ2) is 7.68. The van der Waals surface area contributed by atoms with Crippen LogP contribution in [0.15, 0.2) is 30.3 Å². The van der Waals surface area contributed by atoms with Crippen molar-refractivity contribution in [3.05, 3.63) is 35.9 Å². The van der Waals surface area contributed by atoms with Crippen molar-refractivity contribution in [3.63, 3.8) is 0 Å². The molecule has 2 fully saturated rings. The van der Waals surface area contributed by atoms with Crippen molar-refractivity contribution in [2.75, 3.05) is 19.4 Å². The fourth-order valence-corrected chi connectivity index (χ4v) is 4.61. The topological polar surface area (TPSA) is 151 Å². The first kappa shape index (κ1) is 20.0. The summed E-state index contributed by atoms with van der Waals surface area (Å²) in [6.45, 7) is -0.217. The van der Waals surface area contributed by atoms with Crippen molar-refractivity contribution in [3.8, 4) is 0 Å². The fourth-order valence-electron chi connectivity index (χ4n) is 3.13. The molecule has 11 heteroatoms. The number of ether oxygens (including phenoxy) is 1. The Balaban J connectivity index is 1.65. The minimum atomic E-state index is -1.65. The molecule has 3 rings (SSSR count). The van der Waals surface area contributed by atoms with E-state index in [0.29, 0.717) is 5.56 Å². The van der Waals surface area contributed by atoms with Crippen LogP contribution in [0.25, 0.3) is 0 Å². The number of alkyl carbamates (subject to hydrolysis) is 1. The number of hydrogen-bond donors (Lipinski definition) is 4. The first-order valence-corrected chi connectivity index (χ1v) is 9.46. The lowest BCUT2D eigenvalue weighted by Gasteiger charge is -2.53. The molecule has 1 aromatic rings. The molecule has 2 heterocycles. The van der Waals surface area contributed by atoms with Gasteiger partial charge in [-0.3, -0.25) is 9.59 Å². The quantitative estimate of drug-likeness (QED) is 0.465. The SMILES string of the molecule is COC(=O)NC1(C(=O)O)CS[C@@H]2C(NC(=O)C(N)c3ccccc3)C(=O)N2C1. The van der Waals surface area contributed by atoms with Crippen LogP contribution in [0.5, 0.6) is 0 Å². The van der Waals surface area contributed by atoms with Gasteiger partial charge in [-0.1, -0.05) is 30.3 Å². The number of carboxylic acids is 1. The first-order chi connectivity index (χ1) is 13.3. The molecule has 2 saturated heterocycles. The molecule has 0 bridgehead atoms. The van der Waals surface area contributed by atoms with Gasteiger partial charge < -0.3 is 31.1 Å². The zero-order valence-electron chi connectivity index (χ0n) is 15.0. The lowest BCUT2D eigenvalue weighted by Crippen LogP contribution is -2.77. The summed E-state index contributed by atoms with van der Waals surface area (Å²) in [6, 6.07) is 7.04. The normalized spacial score (nSPS) is 27.1. The minimum Gasteiger partial charge on any atom is -0.479 e. The molecule has 3 unspecified atom stereocenters. The van der Waals surface area contributed by atoms with E-state index in [1.165, 1.54) is 4.90 Å². The Bertz CT molecular complexity index is 806. The smallest absolute Gasteiger partial charge is 0.407 e. The van der Waals surface area contributed by atoms with Crippen molar-refractivity contribution in [2.24, 2.45) is 5.73 Å². The van der Waals surface area contributed by atoms with E-state index in [-0.39, 0.29) is 12.3 Å². The number of fused-ring (bicyclic) bond motifs is 1. The molecular formula is C17H20N4O6S. The lowest BCUT2D eigenvalue weighted by atomic mass is 9.96. The predicted molar refractivity (Wildman–Crippen MR) is 99.2 cm³/mol. The van der Waals surface area contributed by atoms with Gasteiger partial charge in [0.2, 0.25) is 11.8 Å². The van der Waals surface area contributed by atoms with E-state index in [0.717, 1.165) is 18.9 Å². The predicted octanol–water partition coefficient (Wildman–Crippen LogP) is -0.734. The molecule has 4 atom stereocenters. The molecule has 5 N–H and O–H groups in total. The van der Waals surface area contributed by atoms with Crippen LogP contribution >= 0.6 is 11.8 Å². The van der Waals surface area contributed by atoms with Gasteiger partial charge in [-0.05, 0) is 5.56 Å². The van der Waals surface area contributed by atoms with Crippen molar-refractivity contribution < 1.29 is 29.0 Å². The molecule has 0 aromatic heterocycles. The van der Waals surface area contributed by atoms with Gasteiger partial charge in [0.25, 0.3) is 0 Å². The number of carbonyl (C=O) groups excluding carboxylic acids is 3. The summed E-state index contributed by atoms with van der Waals surface area (Å²) in [6.07, 6.45) is -0.895. The van der Waals surface area contributed by atoms with E-state index in [9.17, 15) is 24.3 Å². The molecule has 28 heavy (non-hydrogen) atoms. The zero-order chi connectivity index (χ0) is 20.5. The highest BCUT2D eigenvalue weighted by atomic mass is 32.2. The van der Waals surface area contributed by atoms with Crippen molar-refractivity contribution >= 4 is 35.6 Å². The van der Waals surface area contributed by atoms with Crippen LogP contribution in [-0.2, 0) is 19.1 Å². The maximum atomic E-state index is 12.5. The summed E-state index contributed by atoms with van der Waals surface area (Å²) >= 11 is 1.16. The molecule has 2 aliphatic rings. The number of carbonyl (C=O) groups is 4. The summed E-state index contributed by atoms with van der Waals surface area (Å²) in [7, 11) is 1.12. The van der Waals surface area contributed by atoms with Gasteiger partial charge >= 0.3 is 12.1 Å². The third-order valence-corrected chi connectivity index (χ3v) is 6.28. The van der Waals surface area contributed by atoms with Gasteiger partial charge in [0.1, 0.15) is 17.5 Å². The Hall–Kier alpha value is -2.79. The Labute approximate surface area is 164 Å². The van der Waals surface area contributed by atoms with Crippen molar-refractivity contribution in [1.82, 2.24) is 15.5 Å². The van der Waals surface area contributed by atoms with E-state index < -0.39 is 46.9 Å². The monoisotopic (exact) mass is 408 g/mol. The Morgan fingerprint density at radius 3 is 2.64 bits per heavy atom. The highest BCUT2D eigenvalue weighted by Gasteiger charge is 2.58. The number of hydrogen-bond acceptors (Lipinski definition) is 7. The largest absolute Gasteiger partial charge is 0.479 e. The van der Waals surface area contributed by atoms with Crippen LogP contribution in [-0.4, -0.2) is 70.2 Å². The highest BCUT2D eigenvalue weighted by Crippen LogP contribution is 2.38. The fraction of sp³-hybridized carbons (Fsp3) is 0.412. The summed E-state index contributed by atoms with van der Waals surface area (Å²) in [4.78, 5) is 49.4. The van der Waals surface area contributed by atoms with Gasteiger partial charge in [0.15, 0.2) is 5.54 Å². The summed E-state index contributed by atoms with van der Waals surface area (Å²) in [5, 5.41) is 14.1. The molecule has 2 aliphatic heterocycles. The molecule has 0 saturated carbocycles. The van der Waals surface area contributed by atoms with Crippen LogP contribution in [0.1, 0.15) is 11.6 Å². The number of methoxy groups -OCH3 is 1. The number of nitrogens with zero attached hydrogens (tertiary/aromatic N) is 1. The van der Waals surface area contributed by atoms with E-state index in [1.807, 2.05) is 0 Å². The van der Waals surface area contributed by atoms with Crippen molar-refractivity contribution in [1.29, 1.82) is 0 Å². The third-order valence-electron chi connectivity index (χ3n) is 4.76. The number of β-lactam (4-membered cyclic amide) rings is 1. The molecule has 10 nitrogen and oxygen atoms in total. The number of thioether (sulfide) groups is 1. The zero-order valence-corrected chi connectivity index (χ0v) is 15.8. The van der Waals surface area contributed by atoms with E-state index in [4.69, 9.17) is 5.73 Å². The highest BCUT2D eigenvalue weighted by molar-refractivity contribution is 8.00. The number of nitrogens with two attached hydrogens (primary N) is 1. The Morgan fingerprint density at radius 2 is 2.04 bits per heavy atom. The molecule has 1 aromatic carbocycles. The summed E-state index contributed by atoms with van der Waals surface area (Å²) in [5.74, 6) is -2.17. The lowest BCUT2D eigenvalue weighted by molar-refractivity contribution is -0.155.